The number of allylic oxidation sites excluding steroid dienone is 1. The van der Waals surface area contributed by atoms with Gasteiger partial charge in [-0.2, -0.15) is 5.10 Å². The number of para-hydroxylation sites is 1. The number of esters is 2. The molecule has 0 saturated heterocycles. The minimum absolute atomic E-state index is 0.00513. The van der Waals surface area contributed by atoms with E-state index in [2.05, 4.69) is 18.6 Å². The summed E-state index contributed by atoms with van der Waals surface area (Å²) in [5, 5.41) is 4.66. The number of hydrogen-bond donors (Lipinski definition) is 0. The molecule has 0 atom stereocenters. The van der Waals surface area contributed by atoms with E-state index >= 15 is 0 Å². The normalized spacial score (nSPS) is 10.5. The number of rotatable bonds is 11. The van der Waals surface area contributed by atoms with Crippen molar-refractivity contribution in [2.75, 3.05) is 27.9 Å². The van der Waals surface area contributed by atoms with Gasteiger partial charge in [0, 0.05) is 11.1 Å². The summed E-state index contributed by atoms with van der Waals surface area (Å²) in [6.45, 7) is 6.48. The first-order valence-electron chi connectivity index (χ1n) is 11.3. The van der Waals surface area contributed by atoms with E-state index in [9.17, 15) is 9.59 Å². The lowest BCUT2D eigenvalue weighted by molar-refractivity contribution is 0.0549. The summed E-state index contributed by atoms with van der Waals surface area (Å²) in [5.41, 5.74) is 2.17. The van der Waals surface area contributed by atoms with Crippen LogP contribution in [-0.2, 0) is 15.9 Å². The van der Waals surface area contributed by atoms with Crippen molar-refractivity contribution in [3.63, 3.8) is 0 Å². The maximum Gasteiger partial charge on any atom is 0.357 e. The number of hydrogen-bond acceptors (Lipinski definition) is 7. The lowest BCUT2D eigenvalue weighted by Crippen LogP contribution is -2.15. The van der Waals surface area contributed by atoms with Crippen LogP contribution in [0.3, 0.4) is 0 Å². The second-order valence-electron chi connectivity index (χ2n) is 7.66. The number of ether oxygens (including phenoxy) is 4. The van der Waals surface area contributed by atoms with E-state index in [-0.39, 0.29) is 17.0 Å². The van der Waals surface area contributed by atoms with Gasteiger partial charge in [-0.1, -0.05) is 37.6 Å². The maximum absolute atomic E-state index is 12.9. The van der Waals surface area contributed by atoms with Crippen molar-refractivity contribution < 1.29 is 28.5 Å². The molecule has 0 amide bonds. The molecule has 184 valence electrons. The third-order valence-electron chi connectivity index (χ3n) is 5.39. The van der Waals surface area contributed by atoms with Crippen LogP contribution in [0.15, 0.2) is 55.1 Å². The molecule has 3 rings (SSSR count). The summed E-state index contributed by atoms with van der Waals surface area (Å²) < 4.78 is 23.1. The summed E-state index contributed by atoms with van der Waals surface area (Å²) in [6, 6.07) is 12.6. The van der Waals surface area contributed by atoms with Crippen molar-refractivity contribution in [2.24, 2.45) is 0 Å². The number of unbranched alkanes of at least 4 members (excludes halogenated alkanes) is 1. The van der Waals surface area contributed by atoms with Crippen LogP contribution >= 0.6 is 0 Å². The fraction of sp³-hybridized carbons (Fsp3) is 0.296. The molecule has 0 unspecified atom stereocenters. The van der Waals surface area contributed by atoms with Crippen LogP contribution in [0.4, 0.5) is 0 Å². The molecule has 0 N–H and O–H groups in total. The summed E-state index contributed by atoms with van der Waals surface area (Å²) in [7, 11) is 4.05. The van der Waals surface area contributed by atoms with E-state index in [0.717, 1.165) is 18.4 Å². The molecular formula is C27H30N2O6. The molecule has 1 heterocycles. The first-order valence-corrected chi connectivity index (χ1v) is 11.3. The van der Waals surface area contributed by atoms with Gasteiger partial charge in [-0.15, -0.1) is 6.58 Å². The molecule has 0 radical (unpaired) electrons. The molecule has 8 heteroatoms. The summed E-state index contributed by atoms with van der Waals surface area (Å²) >= 11 is 0. The number of carbonyl (C=O) groups is 2. The lowest BCUT2D eigenvalue weighted by atomic mass is 10.00. The van der Waals surface area contributed by atoms with E-state index < -0.39 is 11.9 Å². The summed E-state index contributed by atoms with van der Waals surface area (Å²) in [4.78, 5) is 25.8. The SMILES string of the molecule is C=CCc1cc(-c2nn(-c3ccccc3)c(C(=O)OC)c2C(=O)OC)cc(OC)c1OCCCC. The van der Waals surface area contributed by atoms with Gasteiger partial charge in [-0.3, -0.25) is 0 Å². The average Bonchev–Trinajstić information content (AvgIpc) is 3.29. The highest BCUT2D eigenvalue weighted by molar-refractivity contribution is 6.07. The Morgan fingerprint density at radius 2 is 1.77 bits per heavy atom. The fourth-order valence-corrected chi connectivity index (χ4v) is 3.69. The van der Waals surface area contributed by atoms with Gasteiger partial charge >= 0.3 is 11.9 Å². The van der Waals surface area contributed by atoms with E-state index in [1.165, 1.54) is 18.9 Å². The van der Waals surface area contributed by atoms with Gasteiger partial charge in [-0.25, -0.2) is 14.3 Å². The van der Waals surface area contributed by atoms with E-state index in [0.29, 0.717) is 35.8 Å². The van der Waals surface area contributed by atoms with Crippen LogP contribution in [0.1, 0.15) is 46.2 Å². The highest BCUT2D eigenvalue weighted by Crippen LogP contribution is 2.39. The van der Waals surface area contributed by atoms with Crippen molar-refractivity contribution in [1.29, 1.82) is 0 Å². The van der Waals surface area contributed by atoms with Crippen molar-refractivity contribution in [2.45, 2.75) is 26.2 Å². The second kappa shape index (κ2) is 11.9. The van der Waals surface area contributed by atoms with Crippen molar-refractivity contribution in [1.82, 2.24) is 9.78 Å². The topological polar surface area (TPSA) is 88.9 Å². The second-order valence-corrected chi connectivity index (χ2v) is 7.66. The molecule has 0 bridgehead atoms. The maximum atomic E-state index is 12.9. The number of carbonyl (C=O) groups excluding carboxylic acids is 2. The van der Waals surface area contributed by atoms with Gasteiger partial charge in [0.2, 0.25) is 0 Å². The molecule has 0 saturated carbocycles. The standard InChI is InChI=1S/C27H30N2O6/c1-6-8-15-35-25-18(12-7-2)16-19(17-21(25)32-3)23-22(26(30)33-4)24(27(31)34-5)29(28-23)20-13-10-9-11-14-20/h7,9-11,13-14,16-17H,2,6,8,12,15H2,1,3-5H3. The molecule has 1 aromatic heterocycles. The monoisotopic (exact) mass is 478 g/mol. The van der Waals surface area contributed by atoms with E-state index in [1.807, 2.05) is 24.3 Å². The zero-order chi connectivity index (χ0) is 25.4. The first-order chi connectivity index (χ1) is 17.0. The summed E-state index contributed by atoms with van der Waals surface area (Å²) in [5.74, 6) is -0.332. The molecule has 2 aromatic carbocycles. The Balaban J connectivity index is 2.31. The van der Waals surface area contributed by atoms with Crippen LogP contribution < -0.4 is 9.47 Å². The Morgan fingerprint density at radius 1 is 1.06 bits per heavy atom. The van der Waals surface area contributed by atoms with Crippen LogP contribution in [-0.4, -0.2) is 49.7 Å². The molecule has 35 heavy (non-hydrogen) atoms. The smallest absolute Gasteiger partial charge is 0.357 e. The Bertz CT molecular complexity index is 1200. The third kappa shape index (κ3) is 5.37. The molecule has 3 aromatic rings. The Labute approximate surface area is 205 Å². The molecule has 0 aliphatic rings. The van der Waals surface area contributed by atoms with Gasteiger partial charge < -0.3 is 18.9 Å². The molecule has 0 spiro atoms. The molecule has 0 fully saturated rings. The number of methoxy groups -OCH3 is 3. The van der Waals surface area contributed by atoms with Crippen molar-refractivity contribution in [3.8, 4) is 28.4 Å². The molecule has 0 aliphatic carbocycles. The van der Waals surface area contributed by atoms with Crippen LogP contribution in [0.5, 0.6) is 11.5 Å². The van der Waals surface area contributed by atoms with Crippen molar-refractivity contribution in [3.05, 3.63) is 71.9 Å². The van der Waals surface area contributed by atoms with E-state index in [1.54, 1.807) is 31.4 Å². The number of aromatic nitrogens is 2. The number of nitrogens with zero attached hydrogens (tertiary/aromatic N) is 2. The first kappa shape index (κ1) is 25.6. The van der Waals surface area contributed by atoms with Crippen LogP contribution in [0.2, 0.25) is 0 Å². The Morgan fingerprint density at radius 3 is 2.37 bits per heavy atom. The van der Waals surface area contributed by atoms with E-state index in [4.69, 9.17) is 18.9 Å². The molecular weight excluding hydrogens is 448 g/mol. The van der Waals surface area contributed by atoms with Gasteiger partial charge in [-0.05, 0) is 37.1 Å². The fourth-order valence-electron chi connectivity index (χ4n) is 3.69. The van der Waals surface area contributed by atoms with Gasteiger partial charge in [0.1, 0.15) is 11.3 Å². The highest BCUT2D eigenvalue weighted by atomic mass is 16.5. The minimum Gasteiger partial charge on any atom is -0.493 e. The number of benzene rings is 2. The Kier molecular flexibility index (Phi) is 8.67. The van der Waals surface area contributed by atoms with Gasteiger partial charge in [0.15, 0.2) is 17.2 Å². The predicted molar refractivity (Wildman–Crippen MR) is 133 cm³/mol. The molecule has 8 nitrogen and oxygen atoms in total. The lowest BCUT2D eigenvalue weighted by Gasteiger charge is -2.16. The largest absolute Gasteiger partial charge is 0.493 e. The highest BCUT2D eigenvalue weighted by Gasteiger charge is 2.32. The third-order valence-corrected chi connectivity index (χ3v) is 5.39. The van der Waals surface area contributed by atoms with Crippen molar-refractivity contribution >= 4 is 11.9 Å². The van der Waals surface area contributed by atoms with Gasteiger partial charge in [0.25, 0.3) is 0 Å². The Hall–Kier alpha value is -4.07. The molecule has 0 aliphatic heterocycles. The zero-order valence-corrected chi connectivity index (χ0v) is 20.5. The van der Waals surface area contributed by atoms with Crippen LogP contribution in [0, 0.1) is 0 Å². The van der Waals surface area contributed by atoms with Gasteiger partial charge in [0.05, 0.1) is 33.6 Å². The van der Waals surface area contributed by atoms with Crippen LogP contribution in [0.25, 0.3) is 16.9 Å². The predicted octanol–water partition coefficient (Wildman–Crippen LogP) is 5.03. The average molecular weight is 479 g/mol. The quantitative estimate of drug-likeness (QED) is 0.217. The minimum atomic E-state index is -0.717. The zero-order valence-electron chi connectivity index (χ0n) is 20.5. The summed E-state index contributed by atoms with van der Waals surface area (Å²) in [6.07, 6.45) is 4.15.